The second-order valence-corrected chi connectivity index (χ2v) is 3.37. The van der Waals surface area contributed by atoms with Gasteiger partial charge in [-0.05, 0) is 18.9 Å². The van der Waals surface area contributed by atoms with Crippen molar-refractivity contribution in [2.75, 3.05) is 6.54 Å². The van der Waals surface area contributed by atoms with Crippen LogP contribution in [0.1, 0.15) is 31.3 Å². The normalized spacial score (nSPS) is 12.7. The van der Waals surface area contributed by atoms with Crippen LogP contribution >= 0.6 is 0 Å². The van der Waals surface area contributed by atoms with E-state index < -0.39 is 12.0 Å². The first kappa shape index (κ1) is 11.7. The molecule has 1 unspecified atom stereocenters. The predicted octanol–water partition coefficient (Wildman–Crippen LogP) is 0.592. The summed E-state index contributed by atoms with van der Waals surface area (Å²) in [5.41, 5.74) is 7.27. The van der Waals surface area contributed by atoms with Gasteiger partial charge in [-0.25, -0.2) is 4.79 Å². The minimum Gasteiger partial charge on any atom is -0.480 e. The van der Waals surface area contributed by atoms with Gasteiger partial charge in [-0.1, -0.05) is 13.8 Å². The standard InChI is InChI=1S/C10H17N3O2/c1-3-7-5-8(4-2)13(12-7)9(6-11)10(14)15/h5,9H,3-4,6,11H2,1-2H3,(H,14,15). The number of carboxylic acid groups (broad SMARTS) is 1. The second kappa shape index (κ2) is 4.93. The molecule has 3 N–H and O–H groups in total. The summed E-state index contributed by atoms with van der Waals surface area (Å²) in [7, 11) is 0. The van der Waals surface area contributed by atoms with Gasteiger partial charge >= 0.3 is 5.97 Å². The second-order valence-electron chi connectivity index (χ2n) is 3.37. The number of carboxylic acids is 1. The number of nitrogens with zero attached hydrogens (tertiary/aromatic N) is 2. The van der Waals surface area contributed by atoms with Gasteiger partial charge in [0, 0.05) is 12.2 Å². The number of carbonyl (C=O) groups is 1. The third kappa shape index (κ3) is 2.36. The van der Waals surface area contributed by atoms with E-state index in [-0.39, 0.29) is 6.54 Å². The molecule has 0 saturated carbocycles. The van der Waals surface area contributed by atoms with E-state index in [0.717, 1.165) is 24.2 Å². The molecule has 0 radical (unpaired) electrons. The number of aromatic nitrogens is 2. The molecule has 0 aliphatic heterocycles. The molecule has 0 saturated heterocycles. The number of aliphatic carboxylic acids is 1. The van der Waals surface area contributed by atoms with Gasteiger partial charge in [0.15, 0.2) is 6.04 Å². The molecule has 1 heterocycles. The van der Waals surface area contributed by atoms with Gasteiger partial charge in [-0.15, -0.1) is 0 Å². The zero-order valence-corrected chi connectivity index (χ0v) is 9.10. The monoisotopic (exact) mass is 211 g/mol. The highest BCUT2D eigenvalue weighted by atomic mass is 16.4. The molecular weight excluding hydrogens is 194 g/mol. The van der Waals surface area contributed by atoms with Crippen LogP contribution in [0, 0.1) is 0 Å². The van der Waals surface area contributed by atoms with Crippen molar-refractivity contribution in [3.8, 4) is 0 Å². The van der Waals surface area contributed by atoms with Crippen LogP contribution in [0.25, 0.3) is 0 Å². The molecule has 0 aliphatic carbocycles. The van der Waals surface area contributed by atoms with Crippen LogP contribution in [-0.2, 0) is 17.6 Å². The highest BCUT2D eigenvalue weighted by Gasteiger charge is 2.21. The summed E-state index contributed by atoms with van der Waals surface area (Å²) >= 11 is 0. The highest BCUT2D eigenvalue weighted by molar-refractivity contribution is 5.72. The lowest BCUT2D eigenvalue weighted by Crippen LogP contribution is -2.29. The van der Waals surface area contributed by atoms with Crippen molar-refractivity contribution in [2.45, 2.75) is 32.7 Å². The first-order chi connectivity index (χ1) is 7.13. The van der Waals surface area contributed by atoms with Gasteiger partial charge in [0.05, 0.1) is 5.69 Å². The predicted molar refractivity (Wildman–Crippen MR) is 56.7 cm³/mol. The lowest BCUT2D eigenvalue weighted by atomic mass is 10.2. The molecule has 15 heavy (non-hydrogen) atoms. The number of aryl methyl sites for hydroxylation is 2. The minimum absolute atomic E-state index is 0.0627. The Morgan fingerprint density at radius 3 is 2.67 bits per heavy atom. The SMILES string of the molecule is CCc1cc(CC)n(C(CN)C(=O)O)n1. The highest BCUT2D eigenvalue weighted by Crippen LogP contribution is 2.12. The molecule has 0 aliphatic rings. The van der Waals surface area contributed by atoms with Crippen LogP contribution < -0.4 is 5.73 Å². The molecule has 1 atom stereocenters. The van der Waals surface area contributed by atoms with Gasteiger partial charge < -0.3 is 10.8 Å². The Kier molecular flexibility index (Phi) is 3.85. The Morgan fingerprint density at radius 2 is 2.27 bits per heavy atom. The van der Waals surface area contributed by atoms with Crippen molar-refractivity contribution in [1.29, 1.82) is 0 Å². The van der Waals surface area contributed by atoms with E-state index in [0.29, 0.717) is 0 Å². The summed E-state index contributed by atoms with van der Waals surface area (Å²) in [5, 5.41) is 13.2. The maximum absolute atomic E-state index is 11.0. The molecule has 0 aromatic carbocycles. The Hall–Kier alpha value is -1.36. The van der Waals surface area contributed by atoms with E-state index >= 15 is 0 Å². The maximum Gasteiger partial charge on any atom is 0.329 e. The molecule has 84 valence electrons. The summed E-state index contributed by atoms with van der Waals surface area (Å²) in [6, 6.07) is 1.19. The third-order valence-corrected chi connectivity index (χ3v) is 2.39. The molecule has 5 heteroatoms. The molecule has 1 aromatic heterocycles. The van der Waals surface area contributed by atoms with Gasteiger partial charge in [-0.2, -0.15) is 5.10 Å². The molecule has 0 amide bonds. The molecule has 1 aromatic rings. The van der Waals surface area contributed by atoms with Crippen molar-refractivity contribution in [1.82, 2.24) is 9.78 Å². The Morgan fingerprint density at radius 1 is 1.60 bits per heavy atom. The Bertz CT molecular complexity index is 346. The van der Waals surface area contributed by atoms with E-state index in [2.05, 4.69) is 5.10 Å². The van der Waals surface area contributed by atoms with Gasteiger partial charge in [0.1, 0.15) is 0 Å². The number of rotatable bonds is 5. The molecule has 0 spiro atoms. The summed E-state index contributed by atoms with van der Waals surface area (Å²) in [4.78, 5) is 11.0. The lowest BCUT2D eigenvalue weighted by molar-refractivity contribution is -0.140. The summed E-state index contributed by atoms with van der Waals surface area (Å²) in [6.45, 7) is 4.03. The zero-order chi connectivity index (χ0) is 11.4. The molecule has 1 rings (SSSR count). The summed E-state index contributed by atoms with van der Waals surface area (Å²) in [6.07, 6.45) is 1.56. The summed E-state index contributed by atoms with van der Waals surface area (Å²) < 4.78 is 1.53. The Balaban J connectivity index is 3.09. The van der Waals surface area contributed by atoms with Crippen LogP contribution in [0.5, 0.6) is 0 Å². The van der Waals surface area contributed by atoms with Crippen LogP contribution in [0.2, 0.25) is 0 Å². The largest absolute Gasteiger partial charge is 0.480 e. The average Bonchev–Trinajstić information content (AvgIpc) is 2.61. The molecular formula is C10H17N3O2. The van der Waals surface area contributed by atoms with Crippen LogP contribution in [0.15, 0.2) is 6.07 Å². The van der Waals surface area contributed by atoms with Gasteiger partial charge in [-0.3, -0.25) is 4.68 Å². The minimum atomic E-state index is -0.932. The van der Waals surface area contributed by atoms with Gasteiger partial charge in [0.25, 0.3) is 0 Å². The van der Waals surface area contributed by atoms with E-state index in [1.54, 1.807) is 0 Å². The number of hydrogen-bond donors (Lipinski definition) is 2. The fourth-order valence-corrected chi connectivity index (χ4v) is 1.50. The van der Waals surface area contributed by atoms with Crippen molar-refractivity contribution >= 4 is 5.97 Å². The van der Waals surface area contributed by atoms with E-state index in [9.17, 15) is 4.79 Å². The van der Waals surface area contributed by atoms with Crippen LogP contribution in [-0.4, -0.2) is 27.4 Å². The quantitative estimate of drug-likeness (QED) is 0.747. The fourth-order valence-electron chi connectivity index (χ4n) is 1.50. The summed E-state index contributed by atoms with van der Waals surface area (Å²) in [5.74, 6) is -0.932. The first-order valence-electron chi connectivity index (χ1n) is 5.14. The Labute approximate surface area is 88.9 Å². The van der Waals surface area contributed by atoms with E-state index in [4.69, 9.17) is 10.8 Å². The first-order valence-corrected chi connectivity index (χ1v) is 5.14. The van der Waals surface area contributed by atoms with E-state index in [1.165, 1.54) is 4.68 Å². The number of nitrogens with two attached hydrogens (primary N) is 1. The van der Waals surface area contributed by atoms with Crippen molar-refractivity contribution in [3.63, 3.8) is 0 Å². The third-order valence-electron chi connectivity index (χ3n) is 2.39. The van der Waals surface area contributed by atoms with Crippen molar-refractivity contribution in [3.05, 3.63) is 17.5 Å². The average molecular weight is 211 g/mol. The maximum atomic E-state index is 11.0. The number of hydrogen-bond acceptors (Lipinski definition) is 3. The molecule has 0 fully saturated rings. The zero-order valence-electron chi connectivity index (χ0n) is 9.10. The lowest BCUT2D eigenvalue weighted by Gasteiger charge is -2.13. The van der Waals surface area contributed by atoms with Crippen molar-refractivity contribution in [2.24, 2.45) is 5.73 Å². The van der Waals surface area contributed by atoms with Crippen LogP contribution in [0.3, 0.4) is 0 Å². The van der Waals surface area contributed by atoms with Gasteiger partial charge in [0.2, 0.25) is 0 Å². The fraction of sp³-hybridized carbons (Fsp3) is 0.600. The topological polar surface area (TPSA) is 81.1 Å². The van der Waals surface area contributed by atoms with Crippen molar-refractivity contribution < 1.29 is 9.90 Å². The van der Waals surface area contributed by atoms with Crippen LogP contribution in [0.4, 0.5) is 0 Å². The molecule has 5 nitrogen and oxygen atoms in total. The van der Waals surface area contributed by atoms with E-state index in [1.807, 2.05) is 19.9 Å². The molecule has 0 bridgehead atoms. The smallest absolute Gasteiger partial charge is 0.329 e.